The minimum atomic E-state index is 0.600. The van der Waals surface area contributed by atoms with Crippen molar-refractivity contribution >= 4 is 12.2 Å². The van der Waals surface area contributed by atoms with E-state index in [0.717, 1.165) is 29.9 Å². The highest BCUT2D eigenvalue weighted by atomic mass is 32.1. The molecular formula is C16H20N2S. The van der Waals surface area contributed by atoms with E-state index in [-0.39, 0.29) is 0 Å². The molecule has 2 aromatic rings. The van der Waals surface area contributed by atoms with Crippen LogP contribution in [0.1, 0.15) is 32.0 Å². The molecule has 1 N–H and O–H groups in total. The highest BCUT2D eigenvalue weighted by Gasteiger charge is 2.04. The minimum Gasteiger partial charge on any atom is -0.343 e. The molecule has 1 aromatic carbocycles. The van der Waals surface area contributed by atoms with E-state index in [0.29, 0.717) is 10.6 Å². The monoisotopic (exact) mass is 272 g/mol. The maximum absolute atomic E-state index is 5.26. The van der Waals surface area contributed by atoms with Crippen molar-refractivity contribution in [3.8, 4) is 11.4 Å². The Bertz CT molecular complexity index is 597. The maximum Gasteiger partial charge on any atom is 0.139 e. The van der Waals surface area contributed by atoms with E-state index in [4.69, 9.17) is 12.2 Å². The third-order valence-electron chi connectivity index (χ3n) is 3.06. The van der Waals surface area contributed by atoms with Crippen LogP contribution in [0.15, 0.2) is 30.3 Å². The molecule has 1 heterocycles. The quantitative estimate of drug-likeness (QED) is 0.826. The van der Waals surface area contributed by atoms with Gasteiger partial charge in [-0.1, -0.05) is 57.3 Å². The van der Waals surface area contributed by atoms with Crippen LogP contribution in [0.4, 0.5) is 0 Å². The number of rotatable bonds is 4. The van der Waals surface area contributed by atoms with E-state index in [1.807, 2.05) is 6.07 Å². The van der Waals surface area contributed by atoms with E-state index < -0.39 is 0 Å². The molecule has 0 aliphatic carbocycles. The van der Waals surface area contributed by atoms with Crippen LogP contribution in [-0.2, 0) is 12.8 Å². The van der Waals surface area contributed by atoms with Gasteiger partial charge in [-0.3, -0.25) is 0 Å². The SMILES string of the molecule is CCc1ccc(-c2nc(=S)cc(CC(C)C)[nH]2)cc1. The number of aromatic amines is 1. The Balaban J connectivity index is 2.37. The highest BCUT2D eigenvalue weighted by Crippen LogP contribution is 2.17. The van der Waals surface area contributed by atoms with Crippen molar-refractivity contribution in [1.82, 2.24) is 9.97 Å². The summed E-state index contributed by atoms with van der Waals surface area (Å²) in [5.74, 6) is 1.47. The first-order valence-corrected chi connectivity index (χ1v) is 7.19. The molecule has 0 aliphatic rings. The lowest BCUT2D eigenvalue weighted by atomic mass is 10.1. The summed E-state index contributed by atoms with van der Waals surface area (Å²) >= 11 is 5.26. The molecule has 0 bridgehead atoms. The first kappa shape index (κ1) is 13.9. The molecule has 0 atom stereocenters. The molecule has 19 heavy (non-hydrogen) atoms. The Hall–Kier alpha value is -1.48. The van der Waals surface area contributed by atoms with Gasteiger partial charge in [0.05, 0.1) is 0 Å². The average molecular weight is 272 g/mol. The van der Waals surface area contributed by atoms with Crippen LogP contribution < -0.4 is 0 Å². The Morgan fingerprint density at radius 2 is 1.89 bits per heavy atom. The van der Waals surface area contributed by atoms with E-state index in [2.05, 4.69) is 55.0 Å². The zero-order valence-corrected chi connectivity index (χ0v) is 12.6. The molecule has 0 unspecified atom stereocenters. The third-order valence-corrected chi connectivity index (χ3v) is 3.27. The molecule has 1 aromatic heterocycles. The predicted molar refractivity (Wildman–Crippen MR) is 82.8 cm³/mol. The Morgan fingerprint density at radius 3 is 2.47 bits per heavy atom. The summed E-state index contributed by atoms with van der Waals surface area (Å²) in [5.41, 5.74) is 3.58. The second kappa shape index (κ2) is 6.11. The van der Waals surface area contributed by atoms with E-state index >= 15 is 0 Å². The topological polar surface area (TPSA) is 28.7 Å². The molecule has 3 heteroatoms. The third kappa shape index (κ3) is 3.74. The van der Waals surface area contributed by atoms with Crippen LogP contribution in [0, 0.1) is 10.6 Å². The van der Waals surface area contributed by atoms with Crippen LogP contribution in [-0.4, -0.2) is 9.97 Å². The molecule has 100 valence electrons. The first-order chi connectivity index (χ1) is 9.08. The standard InChI is InChI=1S/C16H20N2S/c1-4-12-5-7-13(8-6-12)16-17-14(9-11(2)3)10-15(19)18-16/h5-8,10-11H,4,9H2,1-3H3,(H,17,18,19). The molecule has 0 radical (unpaired) electrons. The fourth-order valence-electron chi connectivity index (χ4n) is 2.09. The number of H-pyrrole nitrogens is 1. The molecule has 2 rings (SSSR count). The van der Waals surface area contributed by atoms with Gasteiger partial charge in [-0.15, -0.1) is 0 Å². The van der Waals surface area contributed by atoms with Gasteiger partial charge in [0.1, 0.15) is 10.5 Å². The fraction of sp³-hybridized carbons (Fsp3) is 0.375. The average Bonchev–Trinajstić information content (AvgIpc) is 2.37. The number of hydrogen-bond donors (Lipinski definition) is 1. The normalized spacial score (nSPS) is 10.9. The van der Waals surface area contributed by atoms with Gasteiger partial charge in [-0.05, 0) is 30.4 Å². The van der Waals surface area contributed by atoms with Gasteiger partial charge < -0.3 is 4.98 Å². The lowest BCUT2D eigenvalue weighted by Crippen LogP contribution is -2.00. The van der Waals surface area contributed by atoms with Gasteiger partial charge >= 0.3 is 0 Å². The second-order valence-electron chi connectivity index (χ2n) is 5.24. The van der Waals surface area contributed by atoms with E-state index in [1.54, 1.807) is 0 Å². The molecule has 0 fully saturated rings. The van der Waals surface area contributed by atoms with Crippen LogP contribution in [0.25, 0.3) is 11.4 Å². The summed E-state index contributed by atoms with van der Waals surface area (Å²) < 4.78 is 0.656. The molecule has 0 saturated carbocycles. The number of benzene rings is 1. The molecule has 0 amide bonds. The molecule has 0 saturated heterocycles. The Labute approximate surface area is 119 Å². The Morgan fingerprint density at radius 1 is 1.21 bits per heavy atom. The van der Waals surface area contributed by atoms with Crippen molar-refractivity contribution in [1.29, 1.82) is 0 Å². The van der Waals surface area contributed by atoms with Crippen LogP contribution in [0.5, 0.6) is 0 Å². The number of hydrogen-bond acceptors (Lipinski definition) is 2. The fourth-order valence-corrected chi connectivity index (χ4v) is 2.33. The lowest BCUT2D eigenvalue weighted by Gasteiger charge is -2.08. The number of aryl methyl sites for hydroxylation is 1. The molecule has 0 spiro atoms. The van der Waals surface area contributed by atoms with Gasteiger partial charge in [0.25, 0.3) is 0 Å². The highest BCUT2D eigenvalue weighted by molar-refractivity contribution is 7.71. The van der Waals surface area contributed by atoms with Crippen molar-refractivity contribution in [2.24, 2.45) is 5.92 Å². The van der Waals surface area contributed by atoms with Gasteiger partial charge in [0.2, 0.25) is 0 Å². The van der Waals surface area contributed by atoms with Crippen LogP contribution in [0.3, 0.4) is 0 Å². The largest absolute Gasteiger partial charge is 0.343 e. The van der Waals surface area contributed by atoms with Gasteiger partial charge in [0.15, 0.2) is 0 Å². The summed E-state index contributed by atoms with van der Waals surface area (Å²) in [6.45, 7) is 6.56. The Kier molecular flexibility index (Phi) is 4.48. The molecule has 2 nitrogen and oxygen atoms in total. The van der Waals surface area contributed by atoms with E-state index in [9.17, 15) is 0 Å². The first-order valence-electron chi connectivity index (χ1n) is 6.78. The smallest absolute Gasteiger partial charge is 0.139 e. The number of nitrogens with zero attached hydrogens (tertiary/aromatic N) is 1. The van der Waals surface area contributed by atoms with Crippen molar-refractivity contribution in [3.63, 3.8) is 0 Å². The maximum atomic E-state index is 5.26. The summed E-state index contributed by atoms with van der Waals surface area (Å²) in [4.78, 5) is 7.82. The van der Waals surface area contributed by atoms with Crippen molar-refractivity contribution in [3.05, 3.63) is 46.2 Å². The van der Waals surface area contributed by atoms with Crippen molar-refractivity contribution in [2.75, 3.05) is 0 Å². The van der Waals surface area contributed by atoms with Crippen molar-refractivity contribution < 1.29 is 0 Å². The van der Waals surface area contributed by atoms with Gasteiger partial charge in [-0.25, -0.2) is 4.98 Å². The second-order valence-corrected chi connectivity index (χ2v) is 5.66. The zero-order chi connectivity index (χ0) is 13.8. The summed E-state index contributed by atoms with van der Waals surface area (Å²) in [6, 6.07) is 10.4. The minimum absolute atomic E-state index is 0.600. The number of nitrogens with one attached hydrogen (secondary N) is 1. The molecular weight excluding hydrogens is 252 g/mol. The lowest BCUT2D eigenvalue weighted by molar-refractivity contribution is 0.634. The van der Waals surface area contributed by atoms with Crippen LogP contribution in [0.2, 0.25) is 0 Å². The van der Waals surface area contributed by atoms with Crippen molar-refractivity contribution in [2.45, 2.75) is 33.6 Å². The van der Waals surface area contributed by atoms with Gasteiger partial charge in [-0.2, -0.15) is 0 Å². The predicted octanol–water partition coefficient (Wildman–Crippen LogP) is 4.57. The summed E-state index contributed by atoms with van der Waals surface area (Å²) in [6.07, 6.45) is 2.04. The molecule has 0 aliphatic heterocycles. The summed E-state index contributed by atoms with van der Waals surface area (Å²) in [5, 5.41) is 0. The van der Waals surface area contributed by atoms with E-state index in [1.165, 1.54) is 5.56 Å². The van der Waals surface area contributed by atoms with Gasteiger partial charge in [0, 0.05) is 11.3 Å². The van der Waals surface area contributed by atoms with Crippen LogP contribution >= 0.6 is 12.2 Å². The summed E-state index contributed by atoms with van der Waals surface area (Å²) in [7, 11) is 0. The zero-order valence-electron chi connectivity index (χ0n) is 11.7. The number of aromatic nitrogens is 2.